The second kappa shape index (κ2) is 9.72. The molecule has 0 saturated carbocycles. The molecule has 0 bridgehead atoms. The monoisotopic (exact) mass is 410 g/mol. The van der Waals surface area contributed by atoms with Crippen molar-refractivity contribution in [3.8, 4) is 11.3 Å². The number of amides is 1. The van der Waals surface area contributed by atoms with Gasteiger partial charge in [-0.15, -0.1) is 12.4 Å². The molecule has 2 aromatic carbocycles. The minimum absolute atomic E-state index is 0. The first-order valence-electron chi connectivity index (χ1n) is 9.89. The molecule has 1 fully saturated rings. The molecule has 1 aliphatic rings. The molecule has 1 atom stereocenters. The van der Waals surface area contributed by atoms with E-state index in [-0.39, 0.29) is 24.4 Å². The van der Waals surface area contributed by atoms with Gasteiger partial charge in [0, 0.05) is 24.3 Å². The molecule has 152 valence electrons. The summed E-state index contributed by atoms with van der Waals surface area (Å²) in [5.74, 6) is -0.0522. The van der Waals surface area contributed by atoms with Gasteiger partial charge < -0.3 is 10.6 Å². The van der Waals surface area contributed by atoms with Gasteiger partial charge in [0.05, 0.1) is 12.1 Å². The third-order valence-corrected chi connectivity index (χ3v) is 5.15. The van der Waals surface area contributed by atoms with E-state index >= 15 is 0 Å². The Balaban J connectivity index is 0.00000240. The van der Waals surface area contributed by atoms with E-state index in [1.165, 1.54) is 5.56 Å². The minimum atomic E-state index is -0.0522. The normalized spacial score (nSPS) is 16.1. The Morgan fingerprint density at radius 1 is 1.17 bits per heavy atom. The number of piperidine rings is 1. The second-order valence-corrected chi connectivity index (χ2v) is 7.46. The zero-order valence-corrected chi connectivity index (χ0v) is 17.4. The maximum Gasteiger partial charge on any atom is 0.255 e. The molecular formula is C23H27ClN4O. The summed E-state index contributed by atoms with van der Waals surface area (Å²) in [5.41, 5.74) is 4.67. The SMILES string of the molecule is Cc1ccc(-c2nn(Cc3ccccc3)cc2C(=O)NC2CCCNC2)cc1.Cl. The molecule has 0 radical (unpaired) electrons. The number of nitrogens with one attached hydrogen (secondary N) is 2. The number of carbonyl (C=O) groups excluding carboxylic acids is 1. The quantitative estimate of drug-likeness (QED) is 0.672. The predicted octanol–water partition coefficient (Wildman–Crippen LogP) is 3.81. The first-order valence-corrected chi connectivity index (χ1v) is 9.89. The van der Waals surface area contributed by atoms with E-state index in [1.807, 2.05) is 41.2 Å². The van der Waals surface area contributed by atoms with Crippen LogP contribution in [0.2, 0.25) is 0 Å². The molecule has 3 aromatic rings. The lowest BCUT2D eigenvalue weighted by Crippen LogP contribution is -2.45. The molecule has 29 heavy (non-hydrogen) atoms. The van der Waals surface area contributed by atoms with Gasteiger partial charge in [0.15, 0.2) is 0 Å². The molecule has 1 amide bonds. The summed E-state index contributed by atoms with van der Waals surface area (Å²) in [5, 5.41) is 11.3. The van der Waals surface area contributed by atoms with Crippen molar-refractivity contribution in [2.24, 2.45) is 0 Å². The zero-order valence-electron chi connectivity index (χ0n) is 16.6. The maximum atomic E-state index is 13.0. The third-order valence-electron chi connectivity index (χ3n) is 5.15. The molecule has 1 aromatic heterocycles. The van der Waals surface area contributed by atoms with Gasteiger partial charge in [-0.3, -0.25) is 9.48 Å². The smallest absolute Gasteiger partial charge is 0.255 e. The van der Waals surface area contributed by atoms with Crippen LogP contribution in [0.5, 0.6) is 0 Å². The highest BCUT2D eigenvalue weighted by Crippen LogP contribution is 2.23. The maximum absolute atomic E-state index is 13.0. The Morgan fingerprint density at radius 2 is 1.93 bits per heavy atom. The second-order valence-electron chi connectivity index (χ2n) is 7.46. The van der Waals surface area contributed by atoms with Gasteiger partial charge in [-0.2, -0.15) is 5.10 Å². The number of aryl methyl sites for hydroxylation is 1. The Morgan fingerprint density at radius 3 is 2.62 bits per heavy atom. The van der Waals surface area contributed by atoms with Crippen LogP contribution in [0, 0.1) is 6.92 Å². The highest BCUT2D eigenvalue weighted by molar-refractivity contribution is 6.00. The number of hydrogen-bond donors (Lipinski definition) is 2. The molecule has 6 heteroatoms. The summed E-state index contributed by atoms with van der Waals surface area (Å²) in [6.45, 7) is 4.54. The van der Waals surface area contributed by atoms with Crippen molar-refractivity contribution >= 4 is 18.3 Å². The molecule has 0 aliphatic carbocycles. The Labute approximate surface area is 177 Å². The fourth-order valence-electron chi connectivity index (χ4n) is 3.60. The lowest BCUT2D eigenvalue weighted by atomic mass is 10.0. The molecule has 2 N–H and O–H groups in total. The fraction of sp³-hybridized carbons (Fsp3) is 0.304. The Kier molecular flexibility index (Phi) is 7.07. The molecule has 5 nitrogen and oxygen atoms in total. The van der Waals surface area contributed by atoms with Gasteiger partial charge in [0.1, 0.15) is 5.69 Å². The zero-order chi connectivity index (χ0) is 19.3. The van der Waals surface area contributed by atoms with Gasteiger partial charge in [-0.25, -0.2) is 0 Å². The van der Waals surface area contributed by atoms with Crippen LogP contribution in [0.25, 0.3) is 11.3 Å². The van der Waals surface area contributed by atoms with E-state index in [9.17, 15) is 4.79 Å². The van der Waals surface area contributed by atoms with Crippen LogP contribution in [0.4, 0.5) is 0 Å². The van der Waals surface area contributed by atoms with Crippen molar-refractivity contribution in [1.82, 2.24) is 20.4 Å². The average Bonchev–Trinajstić information content (AvgIpc) is 3.14. The summed E-state index contributed by atoms with van der Waals surface area (Å²) >= 11 is 0. The largest absolute Gasteiger partial charge is 0.348 e. The highest BCUT2D eigenvalue weighted by atomic mass is 35.5. The summed E-state index contributed by atoms with van der Waals surface area (Å²) in [6.07, 6.45) is 3.97. The molecule has 4 rings (SSSR count). The fourth-order valence-corrected chi connectivity index (χ4v) is 3.60. The van der Waals surface area contributed by atoms with E-state index in [1.54, 1.807) is 0 Å². The Bertz CT molecular complexity index is 931. The van der Waals surface area contributed by atoms with E-state index in [4.69, 9.17) is 5.10 Å². The van der Waals surface area contributed by atoms with Crippen LogP contribution in [0.15, 0.2) is 60.8 Å². The van der Waals surface area contributed by atoms with Crippen LogP contribution in [-0.2, 0) is 6.54 Å². The van der Waals surface area contributed by atoms with E-state index < -0.39 is 0 Å². The summed E-state index contributed by atoms with van der Waals surface area (Å²) in [4.78, 5) is 13.0. The molecular weight excluding hydrogens is 384 g/mol. The van der Waals surface area contributed by atoms with Crippen molar-refractivity contribution in [2.75, 3.05) is 13.1 Å². The van der Waals surface area contributed by atoms with Gasteiger partial charge in [0.2, 0.25) is 0 Å². The van der Waals surface area contributed by atoms with E-state index in [0.29, 0.717) is 12.1 Å². The minimum Gasteiger partial charge on any atom is -0.348 e. The van der Waals surface area contributed by atoms with Crippen molar-refractivity contribution < 1.29 is 4.79 Å². The number of nitrogens with zero attached hydrogens (tertiary/aromatic N) is 2. The highest BCUT2D eigenvalue weighted by Gasteiger charge is 2.22. The number of benzene rings is 2. The molecule has 2 heterocycles. The number of carbonyl (C=O) groups is 1. The summed E-state index contributed by atoms with van der Waals surface area (Å²) in [6, 6.07) is 18.5. The van der Waals surface area contributed by atoms with Crippen molar-refractivity contribution in [2.45, 2.75) is 32.4 Å². The number of aromatic nitrogens is 2. The van der Waals surface area contributed by atoms with Crippen LogP contribution < -0.4 is 10.6 Å². The van der Waals surface area contributed by atoms with Crippen molar-refractivity contribution in [3.05, 3.63) is 77.5 Å². The standard InChI is InChI=1S/C23H26N4O.ClH/c1-17-9-11-19(12-10-17)22-21(23(28)25-20-8-5-13-24-14-20)16-27(26-22)15-18-6-3-2-4-7-18;/h2-4,6-7,9-12,16,20,24H,5,8,13-15H2,1H3,(H,25,28);1H. The van der Waals surface area contributed by atoms with Gasteiger partial charge in [-0.1, -0.05) is 60.2 Å². The molecule has 0 spiro atoms. The van der Waals surface area contributed by atoms with E-state index in [2.05, 4.69) is 41.8 Å². The van der Waals surface area contributed by atoms with Crippen molar-refractivity contribution in [1.29, 1.82) is 0 Å². The lowest BCUT2D eigenvalue weighted by Gasteiger charge is -2.23. The van der Waals surface area contributed by atoms with Crippen LogP contribution in [0.3, 0.4) is 0 Å². The molecule has 1 unspecified atom stereocenters. The van der Waals surface area contributed by atoms with E-state index in [0.717, 1.165) is 42.8 Å². The van der Waals surface area contributed by atoms with Crippen LogP contribution >= 0.6 is 12.4 Å². The third kappa shape index (κ3) is 5.25. The molecule has 1 aliphatic heterocycles. The first-order chi connectivity index (χ1) is 13.7. The number of halogens is 1. The summed E-state index contributed by atoms with van der Waals surface area (Å²) in [7, 11) is 0. The van der Waals surface area contributed by atoms with Crippen LogP contribution in [0.1, 0.15) is 34.3 Å². The Hall–Kier alpha value is -2.63. The topological polar surface area (TPSA) is 59.0 Å². The average molecular weight is 411 g/mol. The lowest BCUT2D eigenvalue weighted by molar-refractivity contribution is 0.0931. The predicted molar refractivity (Wildman–Crippen MR) is 119 cm³/mol. The summed E-state index contributed by atoms with van der Waals surface area (Å²) < 4.78 is 1.86. The number of rotatable bonds is 5. The van der Waals surface area contributed by atoms with Gasteiger partial charge in [-0.05, 0) is 31.9 Å². The number of hydrogen-bond acceptors (Lipinski definition) is 3. The first kappa shape index (κ1) is 21.1. The van der Waals surface area contributed by atoms with Gasteiger partial charge >= 0.3 is 0 Å². The van der Waals surface area contributed by atoms with Gasteiger partial charge in [0.25, 0.3) is 5.91 Å². The molecule has 1 saturated heterocycles. The van der Waals surface area contributed by atoms with Crippen LogP contribution in [-0.4, -0.2) is 34.8 Å². The van der Waals surface area contributed by atoms with Crippen molar-refractivity contribution in [3.63, 3.8) is 0 Å².